The first-order chi connectivity index (χ1) is 26.5. The molecular weight excluding hydrogens is 663 g/mol. The predicted molar refractivity (Wildman–Crippen MR) is 236 cm³/mol. The van der Waals surface area contributed by atoms with Gasteiger partial charge in [-0.15, -0.1) is 0 Å². The van der Waals surface area contributed by atoms with E-state index in [1.165, 1.54) is 61.1 Å². The van der Waals surface area contributed by atoms with Crippen molar-refractivity contribution in [1.82, 2.24) is 0 Å². The predicted octanol–water partition coefficient (Wildman–Crippen LogP) is 11.0. The minimum Gasteiger partial charge on any atom is -0.345 e. The van der Waals surface area contributed by atoms with E-state index >= 15 is 0 Å². The van der Waals surface area contributed by atoms with Crippen LogP contribution in [0, 0.1) is 0 Å². The lowest BCUT2D eigenvalue weighted by Gasteiger charge is -2.48. The average Bonchev–Trinajstić information content (AvgIpc) is 3.20. The monoisotopic (exact) mass is 712 g/mol. The van der Waals surface area contributed by atoms with Crippen LogP contribution in [0.15, 0.2) is 170 Å². The van der Waals surface area contributed by atoms with Gasteiger partial charge < -0.3 is 9.80 Å². The van der Waals surface area contributed by atoms with Gasteiger partial charge in [0.05, 0.1) is 5.41 Å². The number of hydrogen-bond donors (Lipinski definition) is 0. The quantitative estimate of drug-likeness (QED) is 0.164. The van der Waals surface area contributed by atoms with Crippen LogP contribution in [0.2, 0.25) is 0 Å². The van der Waals surface area contributed by atoms with Crippen molar-refractivity contribution in [3.8, 4) is 0 Å². The Morgan fingerprint density at radius 3 is 1.45 bits per heavy atom. The lowest BCUT2D eigenvalue weighted by Crippen LogP contribution is -2.65. The van der Waals surface area contributed by atoms with Crippen molar-refractivity contribution >= 4 is 51.5 Å². The maximum absolute atomic E-state index is 2.53. The van der Waals surface area contributed by atoms with Crippen LogP contribution in [-0.2, 0) is 16.2 Å². The molecule has 0 fully saturated rings. The van der Waals surface area contributed by atoms with Crippen molar-refractivity contribution in [2.24, 2.45) is 0 Å². The second kappa shape index (κ2) is 12.9. The van der Waals surface area contributed by atoms with Crippen LogP contribution in [0.1, 0.15) is 74.9 Å². The summed E-state index contributed by atoms with van der Waals surface area (Å²) in [7, 11) is 2.25. The van der Waals surface area contributed by atoms with Crippen molar-refractivity contribution in [1.29, 1.82) is 0 Å². The summed E-state index contributed by atoms with van der Waals surface area (Å²) in [5, 5.41) is 0. The standard InChI is InChI=1S/C52H49BN2/c1-50(2,3)36-26-30-40(31-27-36)55(41-32-28-37(29-33-41)51(4,5)6)42-34-44-49-48(35-42)54(7)47-25-17-16-24-46(47)53(49)45-23-15-14-22-43(45)52(44,38-18-10-8-11-19-38)39-20-12-9-13-21-39/h8-35H,1-7H3. The van der Waals surface area contributed by atoms with Gasteiger partial charge in [0.1, 0.15) is 0 Å². The Labute approximate surface area is 328 Å². The van der Waals surface area contributed by atoms with Gasteiger partial charge in [0.25, 0.3) is 0 Å². The molecule has 0 aliphatic carbocycles. The molecule has 7 aromatic rings. The van der Waals surface area contributed by atoms with E-state index in [4.69, 9.17) is 0 Å². The van der Waals surface area contributed by atoms with Crippen LogP contribution in [0.5, 0.6) is 0 Å². The normalized spacial score (nSPS) is 14.2. The molecule has 0 aromatic heterocycles. The van der Waals surface area contributed by atoms with E-state index in [2.05, 4.69) is 228 Å². The Morgan fingerprint density at radius 2 is 0.927 bits per heavy atom. The van der Waals surface area contributed by atoms with Gasteiger partial charge in [-0.1, -0.05) is 174 Å². The van der Waals surface area contributed by atoms with Gasteiger partial charge in [-0.05, 0) is 97.6 Å². The zero-order valence-corrected chi connectivity index (χ0v) is 33.1. The molecule has 7 aromatic carbocycles. The summed E-state index contributed by atoms with van der Waals surface area (Å²) >= 11 is 0. The van der Waals surface area contributed by atoms with Crippen molar-refractivity contribution in [2.75, 3.05) is 16.8 Å². The lowest BCUT2D eigenvalue weighted by atomic mass is 9.29. The van der Waals surface area contributed by atoms with Gasteiger partial charge in [0, 0.05) is 35.5 Å². The van der Waals surface area contributed by atoms with Crippen molar-refractivity contribution in [3.63, 3.8) is 0 Å². The summed E-state index contributed by atoms with van der Waals surface area (Å²) in [5.74, 6) is 0. The molecule has 0 spiro atoms. The van der Waals surface area contributed by atoms with Gasteiger partial charge in [-0.3, -0.25) is 0 Å². The number of hydrogen-bond acceptors (Lipinski definition) is 2. The van der Waals surface area contributed by atoms with Crippen LogP contribution in [-0.4, -0.2) is 13.8 Å². The minimum atomic E-state index is -0.569. The maximum Gasteiger partial charge on any atom is 0.247 e. The fraction of sp³-hybridized carbons (Fsp3) is 0.192. The van der Waals surface area contributed by atoms with Crippen molar-refractivity contribution in [2.45, 2.75) is 57.8 Å². The summed E-state index contributed by atoms with van der Waals surface area (Å²) < 4.78 is 0. The molecule has 270 valence electrons. The molecule has 2 heterocycles. The fourth-order valence-corrected chi connectivity index (χ4v) is 9.36. The van der Waals surface area contributed by atoms with Gasteiger partial charge >= 0.3 is 0 Å². The van der Waals surface area contributed by atoms with Crippen LogP contribution in [0.25, 0.3) is 0 Å². The van der Waals surface area contributed by atoms with Crippen LogP contribution in [0.4, 0.5) is 28.4 Å². The van der Waals surface area contributed by atoms with E-state index in [0.29, 0.717) is 0 Å². The van der Waals surface area contributed by atoms with E-state index in [-0.39, 0.29) is 17.5 Å². The molecule has 0 saturated heterocycles. The van der Waals surface area contributed by atoms with Gasteiger partial charge in [0.2, 0.25) is 6.71 Å². The molecule has 2 nitrogen and oxygen atoms in total. The third-order valence-electron chi connectivity index (χ3n) is 12.1. The second-order valence-electron chi connectivity index (χ2n) is 17.5. The maximum atomic E-state index is 2.53. The number of para-hydroxylation sites is 1. The van der Waals surface area contributed by atoms with Gasteiger partial charge in [-0.25, -0.2) is 0 Å². The second-order valence-corrected chi connectivity index (χ2v) is 17.5. The number of benzene rings is 7. The molecule has 0 amide bonds. The Hall–Kier alpha value is -5.80. The van der Waals surface area contributed by atoms with Crippen LogP contribution >= 0.6 is 0 Å². The van der Waals surface area contributed by atoms with E-state index < -0.39 is 5.41 Å². The lowest BCUT2D eigenvalue weighted by molar-refractivity contribution is 0.590. The number of anilines is 5. The SMILES string of the molecule is CN1c2ccccc2B2c3ccccc3C(c3ccccc3)(c3ccccc3)c3cc(N(c4ccc(C(C)(C)C)cc4)c4ccc(C(C)(C)C)cc4)cc1c32. The Bertz CT molecular complexity index is 2410. The molecule has 3 heteroatoms. The first-order valence-corrected chi connectivity index (χ1v) is 19.7. The topological polar surface area (TPSA) is 6.48 Å². The zero-order chi connectivity index (χ0) is 38.1. The molecule has 9 rings (SSSR count). The van der Waals surface area contributed by atoms with Crippen LogP contribution < -0.4 is 26.2 Å². The highest BCUT2D eigenvalue weighted by atomic mass is 15.2. The average molecular weight is 713 g/mol. The van der Waals surface area contributed by atoms with E-state index in [0.717, 1.165) is 17.1 Å². The molecule has 0 atom stereocenters. The van der Waals surface area contributed by atoms with E-state index in [1.807, 2.05) is 0 Å². The summed E-state index contributed by atoms with van der Waals surface area (Å²) in [6.45, 7) is 13.8. The van der Waals surface area contributed by atoms with Crippen molar-refractivity contribution < 1.29 is 0 Å². The third-order valence-corrected chi connectivity index (χ3v) is 12.1. The third kappa shape index (κ3) is 5.55. The zero-order valence-electron chi connectivity index (χ0n) is 33.1. The number of fused-ring (bicyclic) bond motifs is 4. The first-order valence-electron chi connectivity index (χ1n) is 19.7. The minimum absolute atomic E-state index is 0.0528. The molecule has 0 radical (unpaired) electrons. The molecule has 0 bridgehead atoms. The van der Waals surface area contributed by atoms with E-state index in [9.17, 15) is 0 Å². The number of rotatable bonds is 5. The summed E-state index contributed by atoms with van der Waals surface area (Å²) in [5.41, 5.74) is 17.4. The highest BCUT2D eigenvalue weighted by molar-refractivity contribution is 6.99. The molecule has 55 heavy (non-hydrogen) atoms. The Kier molecular flexibility index (Phi) is 8.20. The molecular formula is C52H49BN2. The van der Waals surface area contributed by atoms with Gasteiger partial charge in [-0.2, -0.15) is 0 Å². The Balaban J connectivity index is 1.41. The molecule has 0 unspecified atom stereocenters. The van der Waals surface area contributed by atoms with Crippen LogP contribution in [0.3, 0.4) is 0 Å². The number of nitrogens with zero attached hydrogens (tertiary/aromatic N) is 2. The largest absolute Gasteiger partial charge is 0.345 e. The van der Waals surface area contributed by atoms with Crippen molar-refractivity contribution in [3.05, 3.63) is 203 Å². The molecule has 0 N–H and O–H groups in total. The highest BCUT2D eigenvalue weighted by Crippen LogP contribution is 2.50. The Morgan fingerprint density at radius 1 is 0.455 bits per heavy atom. The molecule has 2 aliphatic heterocycles. The smallest absolute Gasteiger partial charge is 0.247 e. The summed E-state index contributed by atoms with van der Waals surface area (Å²) in [6.07, 6.45) is 0. The highest BCUT2D eigenvalue weighted by Gasteiger charge is 2.51. The summed E-state index contributed by atoms with van der Waals surface area (Å²) in [6, 6.07) is 64.1. The fourth-order valence-electron chi connectivity index (χ4n) is 9.36. The molecule has 0 saturated carbocycles. The van der Waals surface area contributed by atoms with E-state index in [1.54, 1.807) is 0 Å². The molecule has 2 aliphatic rings. The van der Waals surface area contributed by atoms with Gasteiger partial charge in [0.15, 0.2) is 0 Å². The summed E-state index contributed by atoms with van der Waals surface area (Å²) in [4.78, 5) is 4.91. The first kappa shape index (κ1) is 34.9.